The zero-order chi connectivity index (χ0) is 28.5. The normalized spacial score (nSPS) is 12.0. The third-order valence-electron chi connectivity index (χ3n) is 9.44. The van der Waals surface area contributed by atoms with Gasteiger partial charge in [-0.2, -0.15) is 0 Å². The summed E-state index contributed by atoms with van der Waals surface area (Å²) in [6, 6.07) is 0. The lowest BCUT2D eigenvalue weighted by Gasteiger charge is -2.28. The number of hydrogen-bond acceptors (Lipinski definition) is 0. The highest BCUT2D eigenvalue weighted by Crippen LogP contribution is 2.61. The van der Waals surface area contributed by atoms with Crippen LogP contribution in [0.2, 0.25) is 0 Å². The lowest BCUT2D eigenvalue weighted by Crippen LogP contribution is -2.13. The molecule has 0 aliphatic heterocycles. The van der Waals surface area contributed by atoms with Crippen LogP contribution in [0.15, 0.2) is 0 Å². The molecular formula is C38H80P+. The van der Waals surface area contributed by atoms with Gasteiger partial charge >= 0.3 is 0 Å². The van der Waals surface area contributed by atoms with E-state index in [1.54, 1.807) is 37.5 Å². The van der Waals surface area contributed by atoms with Crippen molar-refractivity contribution >= 4 is 7.26 Å². The van der Waals surface area contributed by atoms with Gasteiger partial charge < -0.3 is 0 Å². The quantitative estimate of drug-likeness (QED) is 0.0536. The molecule has 0 heterocycles. The van der Waals surface area contributed by atoms with Gasteiger partial charge in [0.05, 0.1) is 24.6 Å². The van der Waals surface area contributed by atoms with Crippen molar-refractivity contribution in [2.24, 2.45) is 0 Å². The molecule has 0 amide bonds. The maximum atomic E-state index is 2.42. The highest BCUT2D eigenvalue weighted by Gasteiger charge is 2.34. The molecule has 0 aromatic heterocycles. The second kappa shape index (κ2) is 32.9. The average Bonchev–Trinajstić information content (AvgIpc) is 2.95. The van der Waals surface area contributed by atoms with E-state index in [9.17, 15) is 0 Å². The summed E-state index contributed by atoms with van der Waals surface area (Å²) in [6.07, 6.45) is 51.0. The van der Waals surface area contributed by atoms with Crippen molar-refractivity contribution in [3.63, 3.8) is 0 Å². The maximum absolute atomic E-state index is 2.42. The van der Waals surface area contributed by atoms with Gasteiger partial charge in [0, 0.05) is 7.26 Å². The molecule has 0 bridgehead atoms. The van der Waals surface area contributed by atoms with E-state index < -0.39 is 7.26 Å². The van der Waals surface area contributed by atoms with Crippen molar-refractivity contribution < 1.29 is 0 Å². The molecular weight excluding hydrogens is 487 g/mol. The summed E-state index contributed by atoms with van der Waals surface area (Å²) in [5, 5.41) is 0. The molecule has 0 atom stereocenters. The summed E-state index contributed by atoms with van der Waals surface area (Å²) in [4.78, 5) is 0. The van der Waals surface area contributed by atoms with Gasteiger partial charge in [0.2, 0.25) is 0 Å². The van der Waals surface area contributed by atoms with Gasteiger partial charge in [-0.1, -0.05) is 182 Å². The topological polar surface area (TPSA) is 0 Å². The zero-order valence-electron chi connectivity index (χ0n) is 28.5. The summed E-state index contributed by atoms with van der Waals surface area (Å²) in [6.45, 7) is 9.48. The smallest absolute Gasteiger partial charge is 0.0594 e. The highest BCUT2D eigenvalue weighted by molar-refractivity contribution is 7.75. The first-order valence-electron chi connectivity index (χ1n) is 19.1. The molecule has 0 saturated heterocycles. The number of unbranched alkanes of at least 4 members (excludes halogenated alkanes) is 26. The molecule has 0 nitrogen and oxygen atoms in total. The lowest BCUT2D eigenvalue weighted by molar-refractivity contribution is 0.542. The largest absolute Gasteiger partial charge is 0.0654 e. The molecule has 0 aliphatic rings. The van der Waals surface area contributed by atoms with Gasteiger partial charge in [-0.25, -0.2) is 0 Å². The average molecular weight is 568 g/mol. The van der Waals surface area contributed by atoms with Crippen LogP contribution in [0.4, 0.5) is 0 Å². The molecule has 0 unspecified atom stereocenters. The predicted molar refractivity (Wildman–Crippen MR) is 188 cm³/mol. The van der Waals surface area contributed by atoms with E-state index in [-0.39, 0.29) is 0 Å². The Balaban J connectivity index is 4.02. The fourth-order valence-corrected chi connectivity index (χ4v) is 11.7. The first-order chi connectivity index (χ1) is 19.2. The van der Waals surface area contributed by atoms with Crippen molar-refractivity contribution in [2.45, 2.75) is 220 Å². The van der Waals surface area contributed by atoms with E-state index in [4.69, 9.17) is 0 Å². The summed E-state index contributed by atoms with van der Waals surface area (Å²) in [5.74, 6) is 0. The van der Waals surface area contributed by atoms with Gasteiger partial charge in [0.1, 0.15) is 0 Å². The van der Waals surface area contributed by atoms with Gasteiger partial charge in [-0.3, -0.25) is 0 Å². The standard InChI is InChI=1S/C38H80P/c1-5-9-13-15-17-19-21-23-25-27-29-31-33-37-39(35-11-7-3,36-12-8-4)38-34-32-30-28-26-24-22-20-18-16-14-10-6-2/h5-38H2,1-4H3/q+1. The van der Waals surface area contributed by atoms with E-state index in [2.05, 4.69) is 27.7 Å². The highest BCUT2D eigenvalue weighted by atomic mass is 31.2. The minimum atomic E-state index is -0.694. The Bertz CT molecular complexity index is 390. The lowest BCUT2D eigenvalue weighted by atomic mass is 10.0. The maximum Gasteiger partial charge on any atom is 0.0594 e. The molecule has 0 aliphatic carbocycles. The third-order valence-corrected chi connectivity index (χ3v) is 14.5. The van der Waals surface area contributed by atoms with Crippen LogP contribution >= 0.6 is 7.26 Å². The monoisotopic (exact) mass is 568 g/mol. The molecule has 0 N–H and O–H groups in total. The molecule has 0 fully saturated rings. The number of hydrogen-bond donors (Lipinski definition) is 0. The van der Waals surface area contributed by atoms with E-state index in [1.165, 1.54) is 180 Å². The third kappa shape index (κ3) is 28.3. The second-order valence-electron chi connectivity index (χ2n) is 13.4. The molecule has 0 rings (SSSR count). The molecule has 0 radical (unpaired) electrons. The van der Waals surface area contributed by atoms with Crippen molar-refractivity contribution in [1.29, 1.82) is 0 Å². The number of rotatable bonds is 34. The Kier molecular flexibility index (Phi) is 33.3. The van der Waals surface area contributed by atoms with Gasteiger partial charge in [-0.15, -0.1) is 0 Å². The van der Waals surface area contributed by atoms with Crippen LogP contribution < -0.4 is 0 Å². The van der Waals surface area contributed by atoms with Crippen LogP contribution in [0.25, 0.3) is 0 Å². The van der Waals surface area contributed by atoms with Crippen molar-refractivity contribution in [3.8, 4) is 0 Å². The van der Waals surface area contributed by atoms with Crippen molar-refractivity contribution in [2.75, 3.05) is 24.6 Å². The zero-order valence-corrected chi connectivity index (χ0v) is 29.4. The summed E-state index contributed by atoms with van der Waals surface area (Å²) in [7, 11) is -0.694. The Morgan fingerprint density at radius 2 is 0.385 bits per heavy atom. The molecule has 0 spiro atoms. The predicted octanol–water partition coefficient (Wildman–Crippen LogP) is 14.8. The molecule has 0 aromatic rings. The summed E-state index contributed by atoms with van der Waals surface area (Å²) >= 11 is 0. The summed E-state index contributed by atoms with van der Waals surface area (Å²) < 4.78 is 0. The Morgan fingerprint density at radius 1 is 0.205 bits per heavy atom. The van der Waals surface area contributed by atoms with E-state index in [0.29, 0.717) is 0 Å². The van der Waals surface area contributed by atoms with Crippen LogP contribution in [0.3, 0.4) is 0 Å². The first-order valence-corrected chi connectivity index (χ1v) is 21.6. The molecule has 236 valence electrons. The first kappa shape index (κ1) is 39.4. The van der Waals surface area contributed by atoms with Crippen molar-refractivity contribution in [3.05, 3.63) is 0 Å². The van der Waals surface area contributed by atoms with Gasteiger partial charge in [0.15, 0.2) is 0 Å². The molecule has 1 heteroatoms. The van der Waals surface area contributed by atoms with E-state index in [0.717, 1.165) is 0 Å². The summed E-state index contributed by atoms with van der Waals surface area (Å²) in [5.41, 5.74) is 0. The van der Waals surface area contributed by atoms with Gasteiger partial charge in [0.25, 0.3) is 0 Å². The Morgan fingerprint density at radius 3 is 0.615 bits per heavy atom. The Labute approximate surface area is 251 Å². The molecule has 0 saturated carbocycles. The fraction of sp³-hybridized carbons (Fsp3) is 1.00. The van der Waals surface area contributed by atoms with Crippen LogP contribution in [0, 0.1) is 0 Å². The van der Waals surface area contributed by atoms with E-state index >= 15 is 0 Å². The fourth-order valence-electron chi connectivity index (χ4n) is 6.59. The van der Waals surface area contributed by atoms with Crippen molar-refractivity contribution in [1.82, 2.24) is 0 Å². The minimum absolute atomic E-state index is 0.694. The van der Waals surface area contributed by atoms with E-state index in [1.807, 2.05) is 0 Å². The molecule has 0 aromatic carbocycles. The Hall–Kier alpha value is 0.430. The molecule has 39 heavy (non-hydrogen) atoms. The SMILES string of the molecule is CCCCCCCCCCCCCCC[P+](CCCC)(CCCC)CCCCCCCCCCCCCCC. The van der Waals surface area contributed by atoms with Crippen LogP contribution in [-0.4, -0.2) is 24.6 Å². The van der Waals surface area contributed by atoms with Gasteiger partial charge in [-0.05, 0) is 38.5 Å². The van der Waals surface area contributed by atoms with Crippen LogP contribution in [-0.2, 0) is 0 Å². The van der Waals surface area contributed by atoms with Crippen LogP contribution in [0.1, 0.15) is 220 Å². The minimum Gasteiger partial charge on any atom is -0.0654 e. The second-order valence-corrected chi connectivity index (χ2v) is 17.9. The van der Waals surface area contributed by atoms with Crippen LogP contribution in [0.5, 0.6) is 0 Å².